The van der Waals surface area contributed by atoms with Crippen LogP contribution >= 0.6 is 24.0 Å². The molecule has 2 amide bonds. The summed E-state index contributed by atoms with van der Waals surface area (Å²) in [4.78, 5) is 32.4. The second-order valence-electron chi connectivity index (χ2n) is 7.76. The number of hydrogen-bond donors (Lipinski definition) is 2. The van der Waals surface area contributed by atoms with Crippen molar-refractivity contribution in [2.45, 2.75) is 51.7 Å². The number of nitrogens with zero attached hydrogens (tertiary/aromatic N) is 3. The molecular formula is C22H34IN5O3. The Labute approximate surface area is 201 Å². The molecule has 3 rings (SSSR count). The highest BCUT2D eigenvalue weighted by molar-refractivity contribution is 14.0. The molecule has 172 valence electrons. The number of aliphatic imine (C=N–C) groups is 1. The number of carbonyl (C=O) groups excluding carboxylic acids is 2. The standard InChI is InChI=1S/C22H33N5O3.HI/c1-3-23-21(25-19-10-13-26(14-11-19)22(29)30-2)24-12-6-9-20(28)27-15-17-7-4-5-8-18(17)16-27;/h4-5,7-8,19H,3,6,9-16H2,1-2H3,(H2,23,24,25);1H. The maximum Gasteiger partial charge on any atom is 0.409 e. The number of likely N-dealkylation sites (tertiary alicyclic amines) is 1. The fraction of sp³-hybridized carbons (Fsp3) is 0.591. The predicted octanol–water partition coefficient (Wildman–Crippen LogP) is 2.71. The average Bonchev–Trinajstić information content (AvgIpc) is 3.21. The Morgan fingerprint density at radius 3 is 2.35 bits per heavy atom. The van der Waals surface area contributed by atoms with Crippen LogP contribution in [0.1, 0.15) is 43.7 Å². The number of fused-ring (bicyclic) bond motifs is 1. The SMILES string of the molecule is CCNC(=NCCCC(=O)N1Cc2ccccc2C1)NC1CCN(C(=O)OC)CC1.I. The summed E-state index contributed by atoms with van der Waals surface area (Å²) in [6, 6.07) is 8.51. The highest BCUT2D eigenvalue weighted by Gasteiger charge is 2.24. The van der Waals surface area contributed by atoms with Crippen LogP contribution in [0.25, 0.3) is 0 Å². The molecule has 0 bridgehead atoms. The van der Waals surface area contributed by atoms with E-state index in [0.717, 1.165) is 31.8 Å². The van der Waals surface area contributed by atoms with Gasteiger partial charge >= 0.3 is 6.09 Å². The van der Waals surface area contributed by atoms with E-state index in [9.17, 15) is 9.59 Å². The number of halogens is 1. The third-order valence-electron chi connectivity index (χ3n) is 5.63. The van der Waals surface area contributed by atoms with E-state index >= 15 is 0 Å². The van der Waals surface area contributed by atoms with E-state index < -0.39 is 0 Å². The Morgan fingerprint density at radius 1 is 1.13 bits per heavy atom. The first-order valence-corrected chi connectivity index (χ1v) is 10.8. The molecule has 0 saturated carbocycles. The normalized spacial score (nSPS) is 16.4. The molecule has 2 heterocycles. The molecule has 0 atom stereocenters. The Balaban J connectivity index is 0.00000341. The van der Waals surface area contributed by atoms with Crippen molar-refractivity contribution < 1.29 is 14.3 Å². The second-order valence-corrected chi connectivity index (χ2v) is 7.76. The highest BCUT2D eigenvalue weighted by atomic mass is 127. The van der Waals surface area contributed by atoms with Crippen molar-refractivity contribution in [3.8, 4) is 0 Å². The van der Waals surface area contributed by atoms with E-state index in [4.69, 9.17) is 4.74 Å². The lowest BCUT2D eigenvalue weighted by Gasteiger charge is -2.32. The molecule has 1 saturated heterocycles. The molecule has 1 fully saturated rings. The van der Waals surface area contributed by atoms with Gasteiger partial charge in [0.15, 0.2) is 5.96 Å². The molecule has 0 unspecified atom stereocenters. The first-order valence-electron chi connectivity index (χ1n) is 10.8. The van der Waals surface area contributed by atoms with Gasteiger partial charge in [0.25, 0.3) is 0 Å². The second kappa shape index (κ2) is 12.7. The number of carbonyl (C=O) groups is 2. The van der Waals surface area contributed by atoms with Gasteiger partial charge in [-0.15, -0.1) is 24.0 Å². The van der Waals surface area contributed by atoms with E-state index in [1.54, 1.807) is 4.90 Å². The Morgan fingerprint density at radius 2 is 1.77 bits per heavy atom. The zero-order valence-corrected chi connectivity index (χ0v) is 20.8. The molecule has 1 aromatic carbocycles. The summed E-state index contributed by atoms with van der Waals surface area (Å²) in [5, 5.41) is 6.72. The smallest absolute Gasteiger partial charge is 0.409 e. The zero-order chi connectivity index (χ0) is 21.3. The number of piperidine rings is 1. The number of rotatable bonds is 6. The van der Waals surface area contributed by atoms with E-state index in [1.807, 2.05) is 24.0 Å². The van der Waals surface area contributed by atoms with E-state index in [0.29, 0.717) is 39.1 Å². The minimum Gasteiger partial charge on any atom is -0.453 e. The van der Waals surface area contributed by atoms with Crippen molar-refractivity contribution in [1.29, 1.82) is 0 Å². The fourth-order valence-corrected chi connectivity index (χ4v) is 3.94. The third kappa shape index (κ3) is 7.26. The van der Waals surface area contributed by atoms with Crippen LogP contribution < -0.4 is 10.6 Å². The number of amides is 2. The molecule has 0 aliphatic carbocycles. The molecule has 2 N–H and O–H groups in total. The van der Waals surface area contributed by atoms with Crippen molar-refractivity contribution in [2.24, 2.45) is 4.99 Å². The lowest BCUT2D eigenvalue weighted by atomic mass is 10.1. The summed E-state index contributed by atoms with van der Waals surface area (Å²) in [6.45, 7) is 6.19. The summed E-state index contributed by atoms with van der Waals surface area (Å²) in [7, 11) is 1.41. The van der Waals surface area contributed by atoms with Crippen LogP contribution in [0.15, 0.2) is 29.3 Å². The summed E-state index contributed by atoms with van der Waals surface area (Å²) in [5.74, 6) is 0.963. The van der Waals surface area contributed by atoms with Crippen LogP contribution in [0.4, 0.5) is 4.79 Å². The minimum absolute atomic E-state index is 0. The van der Waals surface area contributed by atoms with Gasteiger partial charge in [0.2, 0.25) is 5.91 Å². The lowest BCUT2D eigenvalue weighted by Crippen LogP contribution is -2.49. The van der Waals surface area contributed by atoms with Crippen molar-refractivity contribution in [1.82, 2.24) is 20.4 Å². The molecule has 0 aromatic heterocycles. The highest BCUT2D eigenvalue weighted by Crippen LogP contribution is 2.22. The number of ether oxygens (including phenoxy) is 1. The monoisotopic (exact) mass is 543 g/mol. The third-order valence-corrected chi connectivity index (χ3v) is 5.63. The van der Waals surface area contributed by atoms with Crippen LogP contribution in [-0.2, 0) is 22.6 Å². The van der Waals surface area contributed by atoms with Gasteiger partial charge < -0.3 is 25.2 Å². The van der Waals surface area contributed by atoms with Crippen molar-refractivity contribution in [2.75, 3.05) is 33.3 Å². The zero-order valence-electron chi connectivity index (χ0n) is 18.4. The van der Waals surface area contributed by atoms with Gasteiger partial charge in [-0.1, -0.05) is 24.3 Å². The molecule has 8 nitrogen and oxygen atoms in total. The van der Waals surface area contributed by atoms with Crippen LogP contribution in [0.2, 0.25) is 0 Å². The van der Waals surface area contributed by atoms with Gasteiger partial charge in [-0.25, -0.2) is 4.79 Å². The van der Waals surface area contributed by atoms with Crippen LogP contribution in [0.5, 0.6) is 0 Å². The Hall–Kier alpha value is -2.04. The fourth-order valence-electron chi connectivity index (χ4n) is 3.94. The van der Waals surface area contributed by atoms with E-state index in [1.165, 1.54) is 18.2 Å². The quantitative estimate of drug-likeness (QED) is 0.250. The molecular weight excluding hydrogens is 509 g/mol. The van der Waals surface area contributed by atoms with Gasteiger partial charge in [-0.3, -0.25) is 9.79 Å². The molecule has 9 heteroatoms. The summed E-state index contributed by atoms with van der Waals surface area (Å²) in [6.07, 6.45) is 2.68. The minimum atomic E-state index is -0.264. The van der Waals surface area contributed by atoms with Gasteiger partial charge in [-0.05, 0) is 37.3 Å². The molecule has 1 aromatic rings. The van der Waals surface area contributed by atoms with Crippen molar-refractivity contribution in [3.63, 3.8) is 0 Å². The van der Waals surface area contributed by atoms with E-state index in [2.05, 4.69) is 27.8 Å². The van der Waals surface area contributed by atoms with E-state index in [-0.39, 0.29) is 42.0 Å². The summed E-state index contributed by atoms with van der Waals surface area (Å²) in [5.41, 5.74) is 2.50. The lowest BCUT2D eigenvalue weighted by molar-refractivity contribution is -0.131. The molecule has 2 aliphatic rings. The maximum atomic E-state index is 12.5. The van der Waals surface area contributed by atoms with Gasteiger partial charge in [0.1, 0.15) is 0 Å². The molecule has 31 heavy (non-hydrogen) atoms. The van der Waals surface area contributed by atoms with Crippen molar-refractivity contribution in [3.05, 3.63) is 35.4 Å². The number of guanidine groups is 1. The number of methoxy groups -OCH3 is 1. The largest absolute Gasteiger partial charge is 0.453 e. The number of benzene rings is 1. The van der Waals surface area contributed by atoms with Crippen LogP contribution in [0, 0.1) is 0 Å². The maximum absolute atomic E-state index is 12.5. The average molecular weight is 543 g/mol. The first kappa shape index (κ1) is 25.2. The van der Waals surface area contributed by atoms with Crippen LogP contribution in [0.3, 0.4) is 0 Å². The van der Waals surface area contributed by atoms with Gasteiger partial charge in [0.05, 0.1) is 7.11 Å². The first-order chi connectivity index (χ1) is 14.6. The Bertz CT molecular complexity index is 740. The summed E-state index contributed by atoms with van der Waals surface area (Å²) >= 11 is 0. The Kier molecular flexibility index (Phi) is 10.4. The van der Waals surface area contributed by atoms with Gasteiger partial charge in [-0.2, -0.15) is 0 Å². The molecule has 0 spiro atoms. The van der Waals surface area contributed by atoms with Crippen molar-refractivity contribution >= 4 is 41.9 Å². The van der Waals surface area contributed by atoms with Gasteiger partial charge in [0, 0.05) is 51.7 Å². The number of hydrogen-bond acceptors (Lipinski definition) is 4. The predicted molar refractivity (Wildman–Crippen MR) is 131 cm³/mol. The number of nitrogens with one attached hydrogen (secondary N) is 2. The molecule has 0 radical (unpaired) electrons. The molecule has 2 aliphatic heterocycles. The topological polar surface area (TPSA) is 86.3 Å². The van der Waals surface area contributed by atoms with Crippen LogP contribution in [-0.4, -0.2) is 67.1 Å². The summed E-state index contributed by atoms with van der Waals surface area (Å²) < 4.78 is 4.78.